The van der Waals surface area contributed by atoms with Crippen molar-refractivity contribution < 1.29 is 9.47 Å². The number of hydrogen-bond donors (Lipinski definition) is 0. The van der Waals surface area contributed by atoms with Crippen molar-refractivity contribution in [1.29, 1.82) is 0 Å². The number of methoxy groups -OCH3 is 1. The van der Waals surface area contributed by atoms with Crippen LogP contribution < -0.4 is 9.64 Å². The lowest BCUT2D eigenvalue weighted by Gasteiger charge is -2.62. The van der Waals surface area contributed by atoms with Gasteiger partial charge in [0.15, 0.2) is 5.72 Å². The van der Waals surface area contributed by atoms with Crippen molar-refractivity contribution in [3.05, 3.63) is 59.7 Å². The van der Waals surface area contributed by atoms with Gasteiger partial charge in [0.05, 0.1) is 12.5 Å². The van der Waals surface area contributed by atoms with E-state index in [1.807, 2.05) is 7.11 Å². The van der Waals surface area contributed by atoms with Crippen molar-refractivity contribution in [2.45, 2.75) is 63.1 Å². The molecule has 1 saturated carbocycles. The summed E-state index contributed by atoms with van der Waals surface area (Å²) in [5.41, 5.74) is 3.40. The van der Waals surface area contributed by atoms with Crippen LogP contribution in [0.25, 0.3) is 0 Å². The van der Waals surface area contributed by atoms with E-state index in [0.717, 1.165) is 5.75 Å². The smallest absolute Gasteiger partial charge is 0.177 e. The average molecular weight is 378 g/mol. The maximum atomic E-state index is 6.61. The number of ether oxygens (including phenoxy) is 2. The summed E-state index contributed by atoms with van der Waals surface area (Å²) < 4.78 is 12.9. The van der Waals surface area contributed by atoms with Crippen LogP contribution >= 0.6 is 0 Å². The Labute approximate surface area is 168 Å². The Bertz CT molecular complexity index is 870. The molecule has 2 aromatic rings. The lowest BCUT2D eigenvalue weighted by Crippen LogP contribution is -2.67. The van der Waals surface area contributed by atoms with Crippen molar-refractivity contribution in [2.24, 2.45) is 5.92 Å². The Kier molecular flexibility index (Phi) is 4.20. The highest BCUT2D eigenvalue weighted by molar-refractivity contribution is 5.65. The molecule has 3 nitrogen and oxygen atoms in total. The topological polar surface area (TPSA) is 21.7 Å². The fourth-order valence-corrected chi connectivity index (χ4v) is 6.11. The minimum Gasteiger partial charge on any atom is -0.493 e. The molecule has 0 saturated heterocycles. The van der Waals surface area contributed by atoms with E-state index in [4.69, 9.17) is 9.47 Å². The van der Waals surface area contributed by atoms with Gasteiger partial charge in [-0.25, -0.2) is 0 Å². The quantitative estimate of drug-likeness (QED) is 0.677. The van der Waals surface area contributed by atoms with Gasteiger partial charge in [-0.2, -0.15) is 0 Å². The lowest BCUT2D eigenvalue weighted by atomic mass is 9.62. The number of rotatable bonds is 2. The molecule has 2 aliphatic heterocycles. The van der Waals surface area contributed by atoms with Gasteiger partial charge in [-0.15, -0.1) is 0 Å². The van der Waals surface area contributed by atoms with Crippen molar-refractivity contribution in [1.82, 2.24) is 0 Å². The average Bonchev–Trinajstić information content (AvgIpc) is 2.74. The highest BCUT2D eigenvalue weighted by atomic mass is 16.5. The molecule has 0 spiro atoms. The predicted molar refractivity (Wildman–Crippen MR) is 113 cm³/mol. The van der Waals surface area contributed by atoms with Gasteiger partial charge in [-0.05, 0) is 30.5 Å². The van der Waals surface area contributed by atoms with Gasteiger partial charge in [0.2, 0.25) is 0 Å². The fourth-order valence-electron chi connectivity index (χ4n) is 6.11. The summed E-state index contributed by atoms with van der Waals surface area (Å²) in [5.74, 6) is 1.19. The molecular formula is C25H31NO2. The zero-order valence-corrected chi connectivity index (χ0v) is 17.3. The van der Waals surface area contributed by atoms with Gasteiger partial charge >= 0.3 is 0 Å². The number of nitrogens with zero attached hydrogens (tertiary/aromatic N) is 1. The summed E-state index contributed by atoms with van der Waals surface area (Å²) in [4.78, 5) is 2.65. The minimum atomic E-state index is -0.491. The first-order valence-electron chi connectivity index (χ1n) is 10.8. The maximum absolute atomic E-state index is 6.61. The molecule has 2 heterocycles. The van der Waals surface area contributed by atoms with Crippen LogP contribution in [0.5, 0.6) is 5.75 Å². The molecule has 0 bridgehead atoms. The maximum Gasteiger partial charge on any atom is 0.177 e. The van der Waals surface area contributed by atoms with Crippen LogP contribution in [0, 0.1) is 5.92 Å². The molecule has 0 amide bonds. The van der Waals surface area contributed by atoms with Crippen LogP contribution in [-0.2, 0) is 15.9 Å². The van der Waals surface area contributed by atoms with Crippen LogP contribution in [0.2, 0.25) is 0 Å². The molecule has 28 heavy (non-hydrogen) atoms. The molecule has 0 N–H and O–H groups in total. The monoisotopic (exact) mass is 377 g/mol. The largest absolute Gasteiger partial charge is 0.493 e. The summed E-state index contributed by atoms with van der Waals surface area (Å²) in [6.45, 7) is 5.40. The predicted octanol–water partition coefficient (Wildman–Crippen LogP) is 5.62. The van der Waals surface area contributed by atoms with Gasteiger partial charge in [0.1, 0.15) is 5.75 Å². The van der Waals surface area contributed by atoms with Crippen LogP contribution in [0.4, 0.5) is 5.69 Å². The third kappa shape index (κ3) is 2.32. The summed E-state index contributed by atoms with van der Waals surface area (Å²) in [6.07, 6.45) is 6.41. The second kappa shape index (κ2) is 6.52. The van der Waals surface area contributed by atoms with Crippen LogP contribution in [0.15, 0.2) is 48.5 Å². The molecule has 0 aromatic heterocycles. The first-order chi connectivity index (χ1) is 13.6. The molecule has 3 aliphatic rings. The highest BCUT2D eigenvalue weighted by Gasteiger charge is 2.61. The van der Waals surface area contributed by atoms with Crippen molar-refractivity contribution in [2.75, 3.05) is 18.6 Å². The van der Waals surface area contributed by atoms with E-state index in [1.54, 1.807) is 0 Å². The SMILES string of the molecule is CO[C@]12c3ccccc3OC[C@H]1C(C)(C)c1ccccc1N2C1CCCCC1. The minimum absolute atomic E-state index is 0.0503. The second-order valence-electron chi connectivity index (χ2n) is 9.16. The molecular weight excluding hydrogens is 346 g/mol. The van der Waals surface area contributed by atoms with Crippen LogP contribution in [-0.4, -0.2) is 19.8 Å². The van der Waals surface area contributed by atoms with Crippen molar-refractivity contribution >= 4 is 5.69 Å². The molecule has 0 unspecified atom stereocenters. The summed E-state index contributed by atoms with van der Waals surface area (Å²) in [5, 5.41) is 0. The van der Waals surface area contributed by atoms with Crippen molar-refractivity contribution in [3.63, 3.8) is 0 Å². The molecule has 5 rings (SSSR count). The van der Waals surface area contributed by atoms with E-state index >= 15 is 0 Å². The highest BCUT2D eigenvalue weighted by Crippen LogP contribution is 2.59. The Morgan fingerprint density at radius 2 is 1.61 bits per heavy atom. The number of para-hydroxylation sites is 2. The Morgan fingerprint density at radius 3 is 2.36 bits per heavy atom. The number of anilines is 1. The molecule has 148 valence electrons. The van der Waals surface area contributed by atoms with E-state index in [9.17, 15) is 0 Å². The van der Waals surface area contributed by atoms with E-state index in [-0.39, 0.29) is 11.3 Å². The molecule has 1 fully saturated rings. The normalized spacial score (nSPS) is 28.7. The van der Waals surface area contributed by atoms with E-state index in [2.05, 4.69) is 67.3 Å². The van der Waals surface area contributed by atoms with Gasteiger partial charge < -0.3 is 14.4 Å². The van der Waals surface area contributed by atoms with Crippen LogP contribution in [0.1, 0.15) is 57.1 Å². The van der Waals surface area contributed by atoms with E-state index in [1.165, 1.54) is 48.9 Å². The van der Waals surface area contributed by atoms with E-state index < -0.39 is 5.72 Å². The Hall–Kier alpha value is -2.00. The summed E-state index contributed by atoms with van der Waals surface area (Å²) >= 11 is 0. The number of hydrogen-bond acceptors (Lipinski definition) is 3. The summed E-state index contributed by atoms with van der Waals surface area (Å²) in [7, 11) is 1.90. The number of fused-ring (bicyclic) bond motifs is 4. The zero-order valence-electron chi connectivity index (χ0n) is 17.3. The van der Waals surface area contributed by atoms with Crippen LogP contribution in [0.3, 0.4) is 0 Å². The number of benzene rings is 2. The Balaban J connectivity index is 1.81. The van der Waals surface area contributed by atoms with Gasteiger partial charge in [-0.3, -0.25) is 0 Å². The third-order valence-corrected chi connectivity index (χ3v) is 7.49. The first-order valence-corrected chi connectivity index (χ1v) is 10.8. The first kappa shape index (κ1) is 18.1. The van der Waals surface area contributed by atoms with E-state index in [0.29, 0.717) is 12.6 Å². The second-order valence-corrected chi connectivity index (χ2v) is 9.16. The standard InChI is InChI=1S/C25H31NO2/c1-24(2)19-13-7-9-15-21(19)26(18-11-5-4-6-12-18)25(27-3)20-14-8-10-16-22(20)28-17-23(24)25/h7-10,13-16,18,23H,4-6,11-12,17H2,1-3H3/t23-,25+/m0/s1. The third-order valence-electron chi connectivity index (χ3n) is 7.49. The van der Waals surface area contributed by atoms with Gasteiger partial charge in [0, 0.05) is 29.8 Å². The molecule has 3 heteroatoms. The molecule has 0 radical (unpaired) electrons. The van der Waals surface area contributed by atoms with Gasteiger partial charge in [-0.1, -0.05) is 69.5 Å². The zero-order chi connectivity index (χ0) is 19.4. The van der Waals surface area contributed by atoms with Gasteiger partial charge in [0.25, 0.3) is 0 Å². The fraction of sp³-hybridized carbons (Fsp3) is 0.520. The lowest BCUT2D eigenvalue weighted by molar-refractivity contribution is -0.127. The molecule has 2 aromatic carbocycles. The molecule has 2 atom stereocenters. The summed E-state index contributed by atoms with van der Waals surface area (Å²) in [6, 6.07) is 18.0. The Morgan fingerprint density at radius 1 is 0.929 bits per heavy atom. The molecule has 1 aliphatic carbocycles. The van der Waals surface area contributed by atoms with Crippen molar-refractivity contribution in [3.8, 4) is 5.75 Å².